The van der Waals surface area contributed by atoms with Crippen molar-refractivity contribution in [1.29, 1.82) is 0 Å². The van der Waals surface area contributed by atoms with Crippen LogP contribution >= 0.6 is 0 Å². The Labute approximate surface area is 192 Å². The molecule has 0 atom stereocenters. The summed E-state index contributed by atoms with van der Waals surface area (Å²) in [5.74, 6) is 2.95. The number of carbonyl (C=O) groups is 2. The lowest BCUT2D eigenvalue weighted by Gasteiger charge is -2.27. The van der Waals surface area contributed by atoms with Gasteiger partial charge in [-0.1, -0.05) is 19.9 Å². The third-order valence-corrected chi connectivity index (χ3v) is 5.78. The molecule has 1 aromatic rings. The van der Waals surface area contributed by atoms with Crippen LogP contribution in [0.3, 0.4) is 0 Å². The van der Waals surface area contributed by atoms with Gasteiger partial charge in [0.15, 0.2) is 0 Å². The van der Waals surface area contributed by atoms with Crippen LogP contribution in [0, 0.1) is 11.8 Å². The van der Waals surface area contributed by atoms with E-state index < -0.39 is 0 Å². The van der Waals surface area contributed by atoms with Crippen molar-refractivity contribution in [1.82, 2.24) is 0 Å². The minimum Gasteiger partial charge on any atom is -0.494 e. The molecular formula is C27H38O5. The summed E-state index contributed by atoms with van der Waals surface area (Å²) >= 11 is 0. The molecule has 0 spiro atoms. The van der Waals surface area contributed by atoms with Crippen molar-refractivity contribution < 1.29 is 23.8 Å². The number of unbranched alkanes of at least 4 members (excludes halogenated alkanes) is 4. The molecule has 1 aromatic carbocycles. The molecule has 0 radical (unpaired) electrons. The fourth-order valence-corrected chi connectivity index (χ4v) is 3.84. The molecule has 0 heterocycles. The number of allylic oxidation sites excluding steroid dienone is 2. The van der Waals surface area contributed by atoms with Gasteiger partial charge >= 0.3 is 5.97 Å². The first-order chi connectivity index (χ1) is 15.7. The molecule has 176 valence electrons. The van der Waals surface area contributed by atoms with Crippen molar-refractivity contribution >= 4 is 12.3 Å². The maximum Gasteiger partial charge on any atom is 0.330 e. The lowest BCUT2D eigenvalue weighted by molar-refractivity contribution is -0.137. The second kappa shape index (κ2) is 15.3. The van der Waals surface area contributed by atoms with Crippen molar-refractivity contribution in [2.75, 3.05) is 13.2 Å². The van der Waals surface area contributed by atoms with Gasteiger partial charge in [0.25, 0.3) is 0 Å². The molecule has 0 bridgehead atoms. The van der Waals surface area contributed by atoms with Gasteiger partial charge in [-0.2, -0.15) is 0 Å². The summed E-state index contributed by atoms with van der Waals surface area (Å²) in [6.45, 7) is 6.65. The van der Waals surface area contributed by atoms with Crippen LogP contribution in [0.5, 0.6) is 11.5 Å². The Bertz CT molecular complexity index is 714. The number of hydrogen-bond donors (Lipinski definition) is 0. The maximum atomic E-state index is 11.0. The lowest BCUT2D eigenvalue weighted by atomic mass is 9.81. The zero-order valence-corrected chi connectivity index (χ0v) is 19.4. The summed E-state index contributed by atoms with van der Waals surface area (Å²) in [7, 11) is 0. The predicted octanol–water partition coefficient (Wildman–Crippen LogP) is 6.42. The Kier molecular flexibility index (Phi) is 12.3. The molecule has 1 aliphatic rings. The average Bonchev–Trinajstić information content (AvgIpc) is 2.84. The monoisotopic (exact) mass is 442 g/mol. The van der Waals surface area contributed by atoms with Gasteiger partial charge in [0.1, 0.15) is 23.5 Å². The SMILES string of the molecule is C=CC(=O)OCCCCCCOc1ccc(O/C(=C/CCC)C2CCC(C=O)CC2)cc1. The van der Waals surface area contributed by atoms with E-state index in [4.69, 9.17) is 14.2 Å². The predicted molar refractivity (Wildman–Crippen MR) is 127 cm³/mol. The molecule has 0 amide bonds. The number of aldehydes is 1. The van der Waals surface area contributed by atoms with Gasteiger partial charge in [-0.15, -0.1) is 0 Å². The second-order valence-corrected chi connectivity index (χ2v) is 8.35. The van der Waals surface area contributed by atoms with Crippen molar-refractivity contribution in [3.63, 3.8) is 0 Å². The first-order valence-corrected chi connectivity index (χ1v) is 12.0. The highest BCUT2D eigenvalue weighted by molar-refractivity contribution is 5.81. The van der Waals surface area contributed by atoms with Crippen molar-refractivity contribution in [3.05, 3.63) is 48.8 Å². The molecule has 2 rings (SSSR count). The van der Waals surface area contributed by atoms with Gasteiger partial charge in [0, 0.05) is 17.9 Å². The normalized spacial score (nSPS) is 18.6. The number of rotatable bonds is 15. The number of benzene rings is 1. The van der Waals surface area contributed by atoms with Gasteiger partial charge in [0.2, 0.25) is 0 Å². The van der Waals surface area contributed by atoms with Crippen LogP contribution in [0.1, 0.15) is 71.1 Å². The smallest absolute Gasteiger partial charge is 0.330 e. The largest absolute Gasteiger partial charge is 0.494 e. The van der Waals surface area contributed by atoms with E-state index in [0.717, 1.165) is 87.8 Å². The zero-order valence-electron chi connectivity index (χ0n) is 19.4. The topological polar surface area (TPSA) is 61.8 Å². The second-order valence-electron chi connectivity index (χ2n) is 8.35. The van der Waals surface area contributed by atoms with E-state index in [2.05, 4.69) is 19.6 Å². The van der Waals surface area contributed by atoms with E-state index in [1.54, 1.807) is 0 Å². The fourth-order valence-electron chi connectivity index (χ4n) is 3.84. The van der Waals surface area contributed by atoms with Gasteiger partial charge in [-0.3, -0.25) is 0 Å². The molecule has 32 heavy (non-hydrogen) atoms. The molecule has 0 aliphatic heterocycles. The Morgan fingerprint density at radius 2 is 1.66 bits per heavy atom. The van der Waals surface area contributed by atoms with Crippen LogP contribution in [0.15, 0.2) is 48.8 Å². The molecule has 0 aromatic heterocycles. The number of hydrogen-bond acceptors (Lipinski definition) is 5. The Morgan fingerprint density at radius 3 is 2.28 bits per heavy atom. The minimum absolute atomic E-state index is 0.213. The zero-order chi connectivity index (χ0) is 23.0. The quantitative estimate of drug-likeness (QED) is 0.103. The Morgan fingerprint density at radius 1 is 1.00 bits per heavy atom. The van der Waals surface area contributed by atoms with Crippen LogP contribution in [0.2, 0.25) is 0 Å². The molecule has 0 N–H and O–H groups in total. The average molecular weight is 443 g/mol. The van der Waals surface area contributed by atoms with Crippen LogP contribution in [-0.4, -0.2) is 25.5 Å². The Hall–Kier alpha value is -2.56. The molecule has 5 heteroatoms. The number of esters is 1. The highest BCUT2D eigenvalue weighted by Gasteiger charge is 2.24. The molecule has 0 saturated heterocycles. The van der Waals surface area contributed by atoms with Gasteiger partial charge in [0.05, 0.1) is 13.2 Å². The minimum atomic E-state index is -0.362. The van der Waals surface area contributed by atoms with Crippen LogP contribution in [-0.2, 0) is 14.3 Å². The fraction of sp³-hybridized carbons (Fsp3) is 0.556. The molecule has 1 aliphatic carbocycles. The highest BCUT2D eigenvalue weighted by atomic mass is 16.5. The van der Waals surface area contributed by atoms with Crippen molar-refractivity contribution in [2.24, 2.45) is 11.8 Å². The number of ether oxygens (including phenoxy) is 3. The molecular weight excluding hydrogens is 404 g/mol. The third-order valence-electron chi connectivity index (χ3n) is 5.78. The molecule has 5 nitrogen and oxygen atoms in total. The van der Waals surface area contributed by atoms with Crippen LogP contribution < -0.4 is 9.47 Å². The van der Waals surface area contributed by atoms with Gasteiger partial charge in [-0.25, -0.2) is 4.79 Å². The molecule has 1 fully saturated rings. The van der Waals surface area contributed by atoms with E-state index in [9.17, 15) is 9.59 Å². The maximum absolute atomic E-state index is 11.0. The van der Waals surface area contributed by atoms with E-state index in [1.165, 1.54) is 6.08 Å². The third kappa shape index (κ3) is 9.71. The summed E-state index contributed by atoms with van der Waals surface area (Å²) in [5, 5.41) is 0. The summed E-state index contributed by atoms with van der Waals surface area (Å²) < 4.78 is 17.0. The standard InChI is InChI=1S/C27H38O5/c1-3-5-10-26(23-13-11-22(21-28)12-14-23)32-25-17-15-24(16-18-25)30-19-8-6-7-9-20-31-27(29)4-2/h4,10,15-18,21-23H,2-3,5-9,11-14,19-20H2,1H3/b26-10+. The summed E-state index contributed by atoms with van der Waals surface area (Å²) in [6, 6.07) is 7.82. The lowest BCUT2D eigenvalue weighted by Crippen LogP contribution is -2.19. The molecule has 0 unspecified atom stereocenters. The van der Waals surface area contributed by atoms with Crippen LogP contribution in [0.4, 0.5) is 0 Å². The summed E-state index contributed by atoms with van der Waals surface area (Å²) in [4.78, 5) is 22.0. The highest BCUT2D eigenvalue weighted by Crippen LogP contribution is 2.34. The van der Waals surface area contributed by atoms with Crippen molar-refractivity contribution in [2.45, 2.75) is 71.1 Å². The number of carbonyl (C=O) groups excluding carboxylic acids is 2. The Balaban J connectivity index is 1.71. The van der Waals surface area contributed by atoms with Crippen molar-refractivity contribution in [3.8, 4) is 11.5 Å². The van der Waals surface area contributed by atoms with E-state index in [-0.39, 0.29) is 11.9 Å². The molecule has 1 saturated carbocycles. The van der Waals surface area contributed by atoms with E-state index in [1.807, 2.05) is 24.3 Å². The van der Waals surface area contributed by atoms with E-state index in [0.29, 0.717) is 19.1 Å². The first-order valence-electron chi connectivity index (χ1n) is 12.0. The van der Waals surface area contributed by atoms with Gasteiger partial charge < -0.3 is 19.0 Å². The first kappa shape index (κ1) is 25.7. The van der Waals surface area contributed by atoms with Crippen LogP contribution in [0.25, 0.3) is 0 Å². The summed E-state index contributed by atoms with van der Waals surface area (Å²) in [6.07, 6.45) is 14.4. The van der Waals surface area contributed by atoms with E-state index >= 15 is 0 Å². The summed E-state index contributed by atoms with van der Waals surface area (Å²) in [5.41, 5.74) is 0. The van der Waals surface area contributed by atoms with Gasteiger partial charge in [-0.05, 0) is 88.1 Å².